The zero-order valence-corrected chi connectivity index (χ0v) is 8.10. The summed E-state index contributed by atoms with van der Waals surface area (Å²) in [5.41, 5.74) is 0.882. The monoisotopic (exact) mass is 188 g/mol. The van der Waals surface area contributed by atoms with Crippen LogP contribution < -0.4 is 0 Å². The molecular formula is C9H16O4. The second-order valence-electron chi connectivity index (χ2n) is 3.25. The highest BCUT2D eigenvalue weighted by Crippen LogP contribution is 2.23. The lowest BCUT2D eigenvalue weighted by molar-refractivity contribution is -0.110. The smallest absolute Gasteiger partial charge is 0.113 e. The van der Waals surface area contributed by atoms with Gasteiger partial charge >= 0.3 is 0 Å². The number of hydrogen-bond acceptors (Lipinski definition) is 4. The van der Waals surface area contributed by atoms with Gasteiger partial charge in [0.15, 0.2) is 0 Å². The number of aliphatic hydroxyl groups is 2. The summed E-state index contributed by atoms with van der Waals surface area (Å²) < 4.78 is 10.0. The van der Waals surface area contributed by atoms with Crippen molar-refractivity contribution < 1.29 is 19.7 Å². The minimum Gasteiger partial charge on any atom is -0.387 e. The first-order valence-corrected chi connectivity index (χ1v) is 4.21. The quantitative estimate of drug-likeness (QED) is 0.584. The maximum atomic E-state index is 9.61. The average Bonchev–Trinajstić information content (AvgIpc) is 2.12. The van der Waals surface area contributed by atoms with Gasteiger partial charge in [0.25, 0.3) is 0 Å². The third kappa shape index (κ3) is 1.91. The van der Waals surface area contributed by atoms with Gasteiger partial charge in [0.05, 0.1) is 0 Å². The Labute approximate surface area is 77.8 Å². The van der Waals surface area contributed by atoms with E-state index in [1.54, 1.807) is 6.08 Å². The highest BCUT2D eigenvalue weighted by molar-refractivity contribution is 5.18. The molecule has 76 valence electrons. The predicted octanol–water partition coefficient (Wildman–Crippen LogP) is -0.302. The number of aliphatic hydroxyl groups excluding tert-OH is 2. The summed E-state index contributed by atoms with van der Waals surface area (Å²) in [6.07, 6.45) is -0.938. The molecule has 4 atom stereocenters. The fourth-order valence-electron chi connectivity index (χ4n) is 1.63. The molecule has 0 saturated carbocycles. The lowest BCUT2D eigenvalue weighted by Crippen LogP contribution is -2.49. The first-order chi connectivity index (χ1) is 6.11. The normalized spacial score (nSPS) is 40.2. The van der Waals surface area contributed by atoms with Gasteiger partial charge in [0.2, 0.25) is 0 Å². The molecule has 1 rings (SSSR count). The van der Waals surface area contributed by atoms with E-state index in [-0.39, 0.29) is 0 Å². The van der Waals surface area contributed by atoms with Crippen molar-refractivity contribution in [3.8, 4) is 0 Å². The van der Waals surface area contributed by atoms with Crippen molar-refractivity contribution in [2.75, 3.05) is 14.2 Å². The largest absolute Gasteiger partial charge is 0.387 e. The molecule has 13 heavy (non-hydrogen) atoms. The van der Waals surface area contributed by atoms with Crippen molar-refractivity contribution in [1.29, 1.82) is 0 Å². The third-order valence-corrected chi connectivity index (χ3v) is 2.40. The summed E-state index contributed by atoms with van der Waals surface area (Å²) in [4.78, 5) is 0. The highest BCUT2D eigenvalue weighted by Gasteiger charge is 2.36. The van der Waals surface area contributed by atoms with Crippen LogP contribution in [0.5, 0.6) is 0 Å². The molecule has 0 radical (unpaired) electrons. The van der Waals surface area contributed by atoms with Gasteiger partial charge in [-0.3, -0.25) is 0 Å². The third-order valence-electron chi connectivity index (χ3n) is 2.40. The molecule has 2 N–H and O–H groups in total. The van der Waals surface area contributed by atoms with Crippen molar-refractivity contribution in [2.24, 2.45) is 0 Å². The molecule has 4 nitrogen and oxygen atoms in total. The van der Waals surface area contributed by atoms with Gasteiger partial charge in [0.1, 0.15) is 24.4 Å². The SMILES string of the molecule is CO[C@H]1C=C(C)[C@H](OC)[C@@H](O)[C@@H]1O. The molecule has 1 aliphatic rings. The minimum absolute atomic E-state index is 0.429. The van der Waals surface area contributed by atoms with Crippen LogP contribution in [0.3, 0.4) is 0 Å². The molecule has 0 spiro atoms. The Balaban J connectivity index is 2.84. The molecule has 0 saturated heterocycles. The molecule has 0 fully saturated rings. The van der Waals surface area contributed by atoms with E-state index in [9.17, 15) is 10.2 Å². The van der Waals surface area contributed by atoms with Crippen LogP contribution in [0.4, 0.5) is 0 Å². The molecule has 0 unspecified atom stereocenters. The van der Waals surface area contributed by atoms with E-state index in [1.807, 2.05) is 6.92 Å². The lowest BCUT2D eigenvalue weighted by Gasteiger charge is -2.34. The topological polar surface area (TPSA) is 58.9 Å². The van der Waals surface area contributed by atoms with Crippen LogP contribution in [0.2, 0.25) is 0 Å². The Hall–Kier alpha value is -0.420. The molecule has 0 amide bonds. The van der Waals surface area contributed by atoms with Crippen molar-refractivity contribution >= 4 is 0 Å². The summed E-state index contributed by atoms with van der Waals surface area (Å²) >= 11 is 0. The first kappa shape index (κ1) is 10.7. The van der Waals surface area contributed by atoms with Crippen molar-refractivity contribution in [2.45, 2.75) is 31.3 Å². The van der Waals surface area contributed by atoms with Crippen LogP contribution in [-0.2, 0) is 9.47 Å². The fraction of sp³-hybridized carbons (Fsp3) is 0.778. The Morgan fingerprint density at radius 2 is 1.77 bits per heavy atom. The summed E-state index contributed by atoms with van der Waals surface area (Å²) in [6.45, 7) is 1.84. The molecule has 0 aromatic heterocycles. The molecule has 0 aliphatic heterocycles. The van der Waals surface area contributed by atoms with Crippen molar-refractivity contribution in [1.82, 2.24) is 0 Å². The van der Waals surface area contributed by atoms with Gasteiger partial charge in [-0.25, -0.2) is 0 Å². The number of rotatable bonds is 2. The van der Waals surface area contributed by atoms with Gasteiger partial charge in [-0.05, 0) is 12.5 Å². The van der Waals surface area contributed by atoms with Gasteiger partial charge < -0.3 is 19.7 Å². The zero-order valence-electron chi connectivity index (χ0n) is 8.10. The molecule has 0 aromatic carbocycles. The summed E-state index contributed by atoms with van der Waals surface area (Å²) in [6, 6.07) is 0. The molecule has 1 aliphatic carbocycles. The van der Waals surface area contributed by atoms with Gasteiger partial charge in [-0.1, -0.05) is 6.08 Å². The number of methoxy groups -OCH3 is 2. The highest BCUT2D eigenvalue weighted by atomic mass is 16.5. The average molecular weight is 188 g/mol. The summed E-state index contributed by atoms with van der Waals surface area (Å²) in [5.74, 6) is 0. The minimum atomic E-state index is -0.918. The molecule has 0 heterocycles. The zero-order chi connectivity index (χ0) is 10.0. The summed E-state index contributed by atoms with van der Waals surface area (Å²) in [5, 5.41) is 19.2. The van der Waals surface area contributed by atoms with E-state index < -0.39 is 24.4 Å². The van der Waals surface area contributed by atoms with Crippen LogP contribution in [-0.4, -0.2) is 48.8 Å². The molecule has 4 heteroatoms. The molecule has 0 aromatic rings. The Bertz CT molecular complexity index is 202. The van der Waals surface area contributed by atoms with E-state index in [4.69, 9.17) is 9.47 Å². The van der Waals surface area contributed by atoms with Crippen LogP contribution in [0.15, 0.2) is 11.6 Å². The Morgan fingerprint density at radius 3 is 2.23 bits per heavy atom. The second kappa shape index (κ2) is 4.19. The first-order valence-electron chi connectivity index (χ1n) is 4.21. The van der Waals surface area contributed by atoms with Gasteiger partial charge in [-0.15, -0.1) is 0 Å². The van der Waals surface area contributed by atoms with Crippen molar-refractivity contribution in [3.05, 3.63) is 11.6 Å². The fourth-order valence-corrected chi connectivity index (χ4v) is 1.63. The molecular weight excluding hydrogens is 172 g/mol. The van der Waals surface area contributed by atoms with Crippen LogP contribution in [0.1, 0.15) is 6.92 Å². The second-order valence-corrected chi connectivity index (χ2v) is 3.25. The Morgan fingerprint density at radius 1 is 1.15 bits per heavy atom. The lowest BCUT2D eigenvalue weighted by atomic mass is 9.90. The van der Waals surface area contributed by atoms with E-state index >= 15 is 0 Å². The van der Waals surface area contributed by atoms with Crippen LogP contribution in [0.25, 0.3) is 0 Å². The van der Waals surface area contributed by atoms with E-state index in [0.29, 0.717) is 0 Å². The van der Waals surface area contributed by atoms with E-state index in [2.05, 4.69) is 0 Å². The van der Waals surface area contributed by atoms with E-state index in [1.165, 1.54) is 14.2 Å². The standard InChI is InChI=1S/C9H16O4/c1-5-4-6(12-2)7(10)8(11)9(5)13-3/h4,6-11H,1-3H3/t6-,7+,8-,9-/m0/s1. The van der Waals surface area contributed by atoms with Gasteiger partial charge in [-0.2, -0.15) is 0 Å². The number of hydrogen-bond donors (Lipinski definition) is 2. The van der Waals surface area contributed by atoms with Crippen molar-refractivity contribution in [3.63, 3.8) is 0 Å². The molecule has 0 bridgehead atoms. The maximum Gasteiger partial charge on any atom is 0.113 e. The predicted molar refractivity (Wildman–Crippen MR) is 47.4 cm³/mol. The summed E-state index contributed by atoms with van der Waals surface area (Å²) in [7, 11) is 3.00. The maximum absolute atomic E-state index is 9.61. The Kier molecular flexibility index (Phi) is 3.44. The number of ether oxygens (including phenoxy) is 2. The van der Waals surface area contributed by atoms with Gasteiger partial charge in [0, 0.05) is 14.2 Å². The van der Waals surface area contributed by atoms with Crippen LogP contribution in [0, 0.1) is 0 Å². The van der Waals surface area contributed by atoms with E-state index in [0.717, 1.165) is 5.57 Å². The van der Waals surface area contributed by atoms with Crippen LogP contribution >= 0.6 is 0 Å².